The van der Waals surface area contributed by atoms with Gasteiger partial charge in [0.1, 0.15) is 0 Å². The van der Waals surface area contributed by atoms with Crippen LogP contribution in [0.5, 0.6) is 0 Å². The zero-order valence-corrected chi connectivity index (χ0v) is 9.24. The summed E-state index contributed by atoms with van der Waals surface area (Å²) in [6, 6.07) is 0. The van der Waals surface area contributed by atoms with Gasteiger partial charge >= 0.3 is 0 Å². The minimum absolute atomic E-state index is 1.30. The predicted molar refractivity (Wildman–Crippen MR) is 56.9 cm³/mol. The van der Waals surface area contributed by atoms with Crippen molar-refractivity contribution in [3.63, 3.8) is 0 Å². The largest absolute Gasteiger partial charge is 0.0654 e. The first-order chi connectivity index (χ1) is 5.70. The minimum Gasteiger partial charge on any atom is -0.0654 e. The summed E-state index contributed by atoms with van der Waals surface area (Å²) in [6.45, 7) is 9.10. The maximum Gasteiger partial charge on any atom is -0.0272 e. The van der Waals surface area contributed by atoms with Crippen LogP contribution in [0.2, 0.25) is 0 Å². The monoisotopic (exact) mass is 168 g/mol. The Labute approximate surface area is 78.8 Å². The summed E-state index contributed by atoms with van der Waals surface area (Å²) in [7, 11) is 0. The third-order valence-electron chi connectivity index (χ3n) is 2.33. The van der Waals surface area contributed by atoms with Crippen molar-refractivity contribution >= 4 is 0 Å². The molecule has 0 atom stereocenters. The Hall–Kier alpha value is 0. The first-order valence-corrected chi connectivity index (χ1v) is 5.33. The van der Waals surface area contributed by atoms with Crippen molar-refractivity contribution in [1.82, 2.24) is 0 Å². The van der Waals surface area contributed by atoms with Crippen molar-refractivity contribution in [2.45, 2.75) is 66.2 Å². The summed E-state index contributed by atoms with van der Waals surface area (Å²) in [4.78, 5) is 0. The second-order valence-corrected chi connectivity index (χ2v) is 3.91. The highest BCUT2D eigenvalue weighted by atomic mass is 14.1. The highest BCUT2D eigenvalue weighted by Crippen LogP contribution is 2.21. The standard InChI is InChI=1S/C12H24/c1-5-7-11(3)9-10-12(4)8-6-2/h5-10H2,1-4H3. The van der Waals surface area contributed by atoms with Crippen molar-refractivity contribution in [1.29, 1.82) is 0 Å². The van der Waals surface area contributed by atoms with Crippen LogP contribution in [0.1, 0.15) is 66.2 Å². The summed E-state index contributed by atoms with van der Waals surface area (Å²) >= 11 is 0. The van der Waals surface area contributed by atoms with Gasteiger partial charge in [0, 0.05) is 0 Å². The summed E-state index contributed by atoms with van der Waals surface area (Å²) in [5.74, 6) is 3.35. The van der Waals surface area contributed by atoms with Gasteiger partial charge in [0.15, 0.2) is 0 Å². The molecule has 12 heavy (non-hydrogen) atoms. The van der Waals surface area contributed by atoms with Crippen LogP contribution in [0.15, 0.2) is 0 Å². The lowest BCUT2D eigenvalue weighted by Crippen LogP contribution is -1.96. The average Bonchev–Trinajstić information content (AvgIpc) is 2.02. The van der Waals surface area contributed by atoms with Crippen LogP contribution in [-0.4, -0.2) is 0 Å². The van der Waals surface area contributed by atoms with Crippen LogP contribution >= 0.6 is 0 Å². The third kappa shape index (κ3) is 6.69. The zero-order chi connectivity index (χ0) is 9.40. The predicted octanol–water partition coefficient (Wildman–Crippen LogP) is 4.56. The molecule has 0 heteroatoms. The normalized spacial score (nSPS) is 11.5. The van der Waals surface area contributed by atoms with Crippen LogP contribution in [0.3, 0.4) is 0 Å². The molecular weight excluding hydrogens is 144 g/mol. The fraction of sp³-hybridized carbons (Fsp3) is 0.833. The summed E-state index contributed by atoms with van der Waals surface area (Å²) in [6.07, 6.45) is 7.88. The molecule has 0 aliphatic heterocycles. The van der Waals surface area contributed by atoms with Crippen molar-refractivity contribution < 1.29 is 0 Å². The van der Waals surface area contributed by atoms with E-state index in [1.807, 2.05) is 0 Å². The number of rotatable bonds is 7. The maximum atomic E-state index is 2.29. The van der Waals surface area contributed by atoms with Gasteiger partial charge in [0.2, 0.25) is 0 Å². The summed E-state index contributed by atoms with van der Waals surface area (Å²) in [5.41, 5.74) is 0. The van der Waals surface area contributed by atoms with E-state index in [1.54, 1.807) is 11.8 Å². The molecule has 0 rings (SSSR count). The van der Waals surface area contributed by atoms with Crippen molar-refractivity contribution in [2.24, 2.45) is 0 Å². The number of hydrogen-bond acceptors (Lipinski definition) is 0. The molecule has 0 saturated carbocycles. The Morgan fingerprint density at radius 1 is 0.667 bits per heavy atom. The molecule has 0 heterocycles. The lowest BCUT2D eigenvalue weighted by molar-refractivity contribution is 0.642. The highest BCUT2D eigenvalue weighted by Gasteiger charge is 2.05. The van der Waals surface area contributed by atoms with Gasteiger partial charge in [-0.3, -0.25) is 0 Å². The molecular formula is C12H24. The second-order valence-electron chi connectivity index (χ2n) is 3.91. The molecule has 0 N–H and O–H groups in total. The van der Waals surface area contributed by atoms with Gasteiger partial charge in [0.25, 0.3) is 0 Å². The van der Waals surface area contributed by atoms with Gasteiger partial charge in [-0.15, -0.1) is 0 Å². The van der Waals surface area contributed by atoms with Gasteiger partial charge in [-0.2, -0.15) is 0 Å². The topological polar surface area (TPSA) is 0 Å². The summed E-state index contributed by atoms with van der Waals surface area (Å²) in [5, 5.41) is 0. The van der Waals surface area contributed by atoms with E-state index in [0.717, 1.165) is 0 Å². The van der Waals surface area contributed by atoms with E-state index in [1.165, 1.54) is 38.5 Å². The Balaban J connectivity index is 3.27. The number of hydrogen-bond donors (Lipinski definition) is 0. The van der Waals surface area contributed by atoms with Gasteiger partial charge in [0.05, 0.1) is 0 Å². The molecule has 2 radical (unpaired) electrons. The summed E-state index contributed by atoms with van der Waals surface area (Å²) < 4.78 is 0. The van der Waals surface area contributed by atoms with Crippen LogP contribution in [-0.2, 0) is 0 Å². The van der Waals surface area contributed by atoms with E-state index in [0.29, 0.717) is 0 Å². The second kappa shape index (κ2) is 7.64. The van der Waals surface area contributed by atoms with E-state index >= 15 is 0 Å². The molecule has 0 spiro atoms. The minimum atomic E-state index is 1.30. The Kier molecular flexibility index (Phi) is 7.64. The van der Waals surface area contributed by atoms with Crippen LogP contribution < -0.4 is 0 Å². The molecule has 0 aliphatic carbocycles. The maximum absolute atomic E-state index is 2.29. The zero-order valence-electron chi connectivity index (χ0n) is 9.24. The smallest absolute Gasteiger partial charge is 0.0272 e. The molecule has 0 saturated heterocycles. The first-order valence-electron chi connectivity index (χ1n) is 5.33. The Bertz CT molecular complexity index is 74.0. The fourth-order valence-electron chi connectivity index (χ4n) is 1.53. The molecule has 72 valence electrons. The van der Waals surface area contributed by atoms with Crippen LogP contribution in [0.25, 0.3) is 0 Å². The average molecular weight is 168 g/mol. The highest BCUT2D eigenvalue weighted by molar-refractivity contribution is 4.91. The van der Waals surface area contributed by atoms with Crippen LogP contribution in [0, 0.1) is 11.8 Å². The first kappa shape index (κ1) is 12.0. The lowest BCUT2D eigenvalue weighted by atomic mass is 9.93. The van der Waals surface area contributed by atoms with E-state index in [2.05, 4.69) is 27.7 Å². The van der Waals surface area contributed by atoms with E-state index in [9.17, 15) is 0 Å². The molecule has 0 bridgehead atoms. The van der Waals surface area contributed by atoms with E-state index < -0.39 is 0 Å². The van der Waals surface area contributed by atoms with E-state index in [4.69, 9.17) is 0 Å². The fourth-order valence-corrected chi connectivity index (χ4v) is 1.53. The molecule has 0 aromatic heterocycles. The van der Waals surface area contributed by atoms with Gasteiger partial charge in [-0.25, -0.2) is 0 Å². The van der Waals surface area contributed by atoms with Gasteiger partial charge in [-0.05, 0) is 37.5 Å². The van der Waals surface area contributed by atoms with Crippen molar-refractivity contribution in [2.75, 3.05) is 0 Å². The van der Waals surface area contributed by atoms with Gasteiger partial charge in [-0.1, -0.05) is 40.5 Å². The van der Waals surface area contributed by atoms with E-state index in [-0.39, 0.29) is 0 Å². The Morgan fingerprint density at radius 2 is 1.00 bits per heavy atom. The molecule has 0 aliphatic rings. The van der Waals surface area contributed by atoms with Crippen molar-refractivity contribution in [3.8, 4) is 0 Å². The quantitative estimate of drug-likeness (QED) is 0.523. The van der Waals surface area contributed by atoms with Gasteiger partial charge < -0.3 is 0 Å². The molecule has 0 unspecified atom stereocenters. The third-order valence-corrected chi connectivity index (χ3v) is 2.33. The molecule has 0 aromatic rings. The van der Waals surface area contributed by atoms with Crippen LogP contribution in [0.4, 0.5) is 0 Å². The molecule has 0 aromatic carbocycles. The Morgan fingerprint density at radius 3 is 1.25 bits per heavy atom. The molecule has 0 amide bonds. The SMILES string of the molecule is CCC[C](C)CC[C](C)CCC. The lowest BCUT2D eigenvalue weighted by Gasteiger charge is -2.13. The molecule has 0 nitrogen and oxygen atoms in total. The van der Waals surface area contributed by atoms with Crippen molar-refractivity contribution in [3.05, 3.63) is 11.8 Å². The molecule has 0 fully saturated rings.